The van der Waals surface area contributed by atoms with Gasteiger partial charge in [0.1, 0.15) is 12.0 Å². The summed E-state index contributed by atoms with van der Waals surface area (Å²) in [6.45, 7) is 9.80. The molecule has 1 aliphatic rings. The van der Waals surface area contributed by atoms with E-state index in [1.165, 1.54) is 11.3 Å². The Morgan fingerprint density at radius 1 is 1.15 bits per heavy atom. The minimum absolute atomic E-state index is 0.153. The SMILES string of the molecule is Cc1c(C)n(CCN2CCOCC2)c2ncn3nc(CON=Cc4ccccc4Cl)nc3c12. The molecular weight excluding hydrogens is 442 g/mol. The molecule has 0 N–H and O–H groups in total. The first kappa shape index (κ1) is 21.8. The van der Waals surface area contributed by atoms with Gasteiger partial charge in [0.15, 0.2) is 18.1 Å². The summed E-state index contributed by atoms with van der Waals surface area (Å²) in [5.74, 6) is 0.540. The average Bonchev–Trinajstić information content (AvgIpc) is 3.35. The topological polar surface area (TPSA) is 82.1 Å². The molecule has 10 heteroatoms. The number of oxime groups is 1. The summed E-state index contributed by atoms with van der Waals surface area (Å²) in [7, 11) is 0. The Labute approximate surface area is 196 Å². The van der Waals surface area contributed by atoms with Gasteiger partial charge in [-0.1, -0.05) is 35.0 Å². The molecule has 5 rings (SSSR count). The fourth-order valence-electron chi connectivity index (χ4n) is 4.14. The molecule has 1 aliphatic heterocycles. The average molecular weight is 468 g/mol. The van der Waals surface area contributed by atoms with Gasteiger partial charge in [0, 0.05) is 42.5 Å². The zero-order chi connectivity index (χ0) is 22.8. The Morgan fingerprint density at radius 3 is 2.79 bits per heavy atom. The molecule has 1 saturated heterocycles. The van der Waals surface area contributed by atoms with Crippen molar-refractivity contribution in [2.45, 2.75) is 27.0 Å². The lowest BCUT2D eigenvalue weighted by Crippen LogP contribution is -2.38. The summed E-state index contributed by atoms with van der Waals surface area (Å²) in [5, 5.41) is 10.2. The number of rotatable bonds is 7. The summed E-state index contributed by atoms with van der Waals surface area (Å²) in [4.78, 5) is 17.3. The van der Waals surface area contributed by atoms with Gasteiger partial charge in [0.25, 0.3) is 0 Å². The second kappa shape index (κ2) is 9.46. The first-order valence-corrected chi connectivity index (χ1v) is 11.4. The van der Waals surface area contributed by atoms with E-state index in [2.05, 4.69) is 33.6 Å². The van der Waals surface area contributed by atoms with Crippen LogP contribution in [0, 0.1) is 13.8 Å². The lowest BCUT2D eigenvalue weighted by molar-refractivity contribution is 0.0364. The molecule has 172 valence electrons. The van der Waals surface area contributed by atoms with Crippen LogP contribution in [0.3, 0.4) is 0 Å². The van der Waals surface area contributed by atoms with Gasteiger partial charge in [-0.2, -0.15) is 0 Å². The highest BCUT2D eigenvalue weighted by atomic mass is 35.5. The zero-order valence-corrected chi connectivity index (χ0v) is 19.5. The number of fused-ring (bicyclic) bond motifs is 3. The van der Waals surface area contributed by atoms with E-state index in [0.29, 0.717) is 10.8 Å². The fraction of sp³-hybridized carbons (Fsp3) is 0.391. The van der Waals surface area contributed by atoms with Crippen molar-refractivity contribution in [2.75, 3.05) is 32.8 Å². The van der Waals surface area contributed by atoms with Gasteiger partial charge in [-0.05, 0) is 25.5 Å². The summed E-state index contributed by atoms with van der Waals surface area (Å²) >= 11 is 6.13. The molecule has 0 spiro atoms. The van der Waals surface area contributed by atoms with Gasteiger partial charge in [-0.25, -0.2) is 14.5 Å². The van der Waals surface area contributed by atoms with Gasteiger partial charge < -0.3 is 14.1 Å². The van der Waals surface area contributed by atoms with E-state index < -0.39 is 0 Å². The maximum absolute atomic E-state index is 6.13. The standard InChI is InChI=1S/C23H26ClN7O2/c1-16-17(2)30(8-7-29-9-11-32-12-10-29)22-21(16)23-27-20(28-31(23)15-25-22)14-33-26-13-18-5-3-4-6-19(18)24/h3-6,13,15H,7-12,14H2,1-2H3. The molecule has 0 bridgehead atoms. The third-order valence-corrected chi connectivity index (χ3v) is 6.44. The number of morpholine rings is 1. The third-order valence-electron chi connectivity index (χ3n) is 6.10. The predicted molar refractivity (Wildman–Crippen MR) is 127 cm³/mol. The normalized spacial score (nSPS) is 15.2. The number of hydrogen-bond donors (Lipinski definition) is 0. The summed E-state index contributed by atoms with van der Waals surface area (Å²) in [5.41, 5.74) is 4.87. The van der Waals surface area contributed by atoms with Crippen molar-refractivity contribution < 1.29 is 9.57 Å². The van der Waals surface area contributed by atoms with Crippen LogP contribution in [-0.4, -0.2) is 68.1 Å². The lowest BCUT2D eigenvalue weighted by Gasteiger charge is -2.26. The predicted octanol–water partition coefficient (Wildman–Crippen LogP) is 3.23. The summed E-state index contributed by atoms with van der Waals surface area (Å²) < 4.78 is 9.44. The van der Waals surface area contributed by atoms with Crippen molar-refractivity contribution >= 4 is 34.5 Å². The van der Waals surface area contributed by atoms with Crippen LogP contribution in [0.2, 0.25) is 5.02 Å². The number of halogens is 1. The Kier molecular flexibility index (Phi) is 6.26. The van der Waals surface area contributed by atoms with Crippen LogP contribution in [-0.2, 0) is 22.7 Å². The van der Waals surface area contributed by atoms with Crippen LogP contribution >= 0.6 is 11.6 Å². The van der Waals surface area contributed by atoms with Crippen LogP contribution in [0.1, 0.15) is 22.6 Å². The van der Waals surface area contributed by atoms with Crippen molar-refractivity contribution in [3.05, 3.63) is 58.3 Å². The molecule has 4 aromatic rings. The maximum Gasteiger partial charge on any atom is 0.192 e. The van der Waals surface area contributed by atoms with E-state index in [1.807, 2.05) is 24.3 Å². The molecule has 9 nitrogen and oxygen atoms in total. The van der Waals surface area contributed by atoms with Gasteiger partial charge in [0.2, 0.25) is 0 Å². The second-order valence-electron chi connectivity index (χ2n) is 8.08. The Balaban J connectivity index is 1.35. The molecule has 0 amide bonds. The molecule has 33 heavy (non-hydrogen) atoms. The van der Waals surface area contributed by atoms with E-state index in [1.54, 1.807) is 17.1 Å². The summed E-state index contributed by atoms with van der Waals surface area (Å²) in [6, 6.07) is 7.44. The molecule has 0 aliphatic carbocycles. The highest BCUT2D eigenvalue weighted by Gasteiger charge is 2.19. The molecule has 3 aromatic heterocycles. The monoisotopic (exact) mass is 467 g/mol. The zero-order valence-electron chi connectivity index (χ0n) is 18.7. The molecular formula is C23H26ClN7O2. The molecule has 1 aromatic carbocycles. The van der Waals surface area contributed by atoms with Crippen molar-refractivity contribution in [3.63, 3.8) is 0 Å². The van der Waals surface area contributed by atoms with E-state index in [-0.39, 0.29) is 6.61 Å². The van der Waals surface area contributed by atoms with Crippen LogP contribution in [0.5, 0.6) is 0 Å². The Hall–Kier alpha value is -3.01. The largest absolute Gasteiger partial charge is 0.387 e. The molecule has 0 radical (unpaired) electrons. The molecule has 1 fully saturated rings. The van der Waals surface area contributed by atoms with Crippen molar-refractivity contribution in [1.29, 1.82) is 0 Å². The van der Waals surface area contributed by atoms with Crippen molar-refractivity contribution in [1.82, 2.24) is 29.0 Å². The van der Waals surface area contributed by atoms with E-state index >= 15 is 0 Å². The quantitative estimate of drug-likeness (QED) is 0.306. The van der Waals surface area contributed by atoms with E-state index in [9.17, 15) is 0 Å². The minimum Gasteiger partial charge on any atom is -0.387 e. The van der Waals surface area contributed by atoms with Gasteiger partial charge in [0.05, 0.1) is 24.8 Å². The van der Waals surface area contributed by atoms with Gasteiger partial charge in [-0.3, -0.25) is 4.90 Å². The molecule has 4 heterocycles. The van der Waals surface area contributed by atoms with Gasteiger partial charge >= 0.3 is 0 Å². The first-order valence-electron chi connectivity index (χ1n) is 11.0. The fourth-order valence-corrected chi connectivity index (χ4v) is 4.33. The third kappa shape index (κ3) is 4.44. The van der Waals surface area contributed by atoms with Crippen LogP contribution in [0.15, 0.2) is 35.7 Å². The van der Waals surface area contributed by atoms with Crippen molar-refractivity contribution in [3.8, 4) is 0 Å². The van der Waals surface area contributed by atoms with Crippen molar-refractivity contribution in [2.24, 2.45) is 5.16 Å². The smallest absolute Gasteiger partial charge is 0.192 e. The molecule has 0 saturated carbocycles. The Bertz CT molecular complexity index is 1310. The highest BCUT2D eigenvalue weighted by molar-refractivity contribution is 6.33. The number of ether oxygens (including phenoxy) is 1. The lowest BCUT2D eigenvalue weighted by atomic mass is 10.2. The molecule has 0 unspecified atom stereocenters. The number of hydrogen-bond acceptors (Lipinski definition) is 7. The minimum atomic E-state index is 0.153. The van der Waals surface area contributed by atoms with E-state index in [4.69, 9.17) is 31.1 Å². The number of benzene rings is 1. The number of aryl methyl sites for hydroxylation is 1. The summed E-state index contributed by atoms with van der Waals surface area (Å²) in [6.07, 6.45) is 3.30. The van der Waals surface area contributed by atoms with Gasteiger partial charge in [-0.15, -0.1) is 5.10 Å². The Morgan fingerprint density at radius 2 is 1.97 bits per heavy atom. The first-order chi connectivity index (χ1) is 16.1. The molecule has 0 atom stereocenters. The number of nitrogens with zero attached hydrogens (tertiary/aromatic N) is 7. The van der Waals surface area contributed by atoms with E-state index in [0.717, 1.165) is 61.6 Å². The number of aromatic nitrogens is 5. The second-order valence-corrected chi connectivity index (χ2v) is 8.49. The van der Waals surface area contributed by atoms with Crippen LogP contribution < -0.4 is 0 Å². The van der Waals surface area contributed by atoms with Crippen LogP contribution in [0.4, 0.5) is 0 Å². The highest BCUT2D eigenvalue weighted by Crippen LogP contribution is 2.27. The maximum atomic E-state index is 6.13. The van der Waals surface area contributed by atoms with Crippen LogP contribution in [0.25, 0.3) is 16.7 Å².